The molecule has 0 amide bonds. The molecule has 0 aromatic carbocycles. The predicted octanol–water partition coefficient (Wildman–Crippen LogP) is 2.56. The number of alkyl halides is 3. The highest BCUT2D eigenvalue weighted by Gasteiger charge is 2.47. The van der Waals surface area contributed by atoms with Crippen molar-refractivity contribution in [3.63, 3.8) is 0 Å². The molecule has 0 saturated carbocycles. The van der Waals surface area contributed by atoms with Gasteiger partial charge in [-0.1, -0.05) is 6.07 Å². The number of nitriles is 1. The van der Waals surface area contributed by atoms with Gasteiger partial charge in [0, 0.05) is 0 Å². The van der Waals surface area contributed by atoms with Crippen LogP contribution < -0.4 is 5.32 Å². The minimum Gasteiger partial charge on any atom is -0.361 e. The molecule has 1 aromatic rings. The molecule has 0 aliphatic carbocycles. The molecule has 106 valence electrons. The number of thiophene rings is 1. The monoisotopic (exact) mass is 319 g/mol. The maximum Gasteiger partial charge on any atom is 0.449 e. The van der Waals surface area contributed by atoms with Crippen LogP contribution in [0.5, 0.6) is 0 Å². The van der Waals surface area contributed by atoms with E-state index >= 15 is 0 Å². The summed E-state index contributed by atoms with van der Waals surface area (Å²) in [6.45, 7) is 0. The minimum absolute atomic E-state index is 0.0641. The van der Waals surface area contributed by atoms with Crippen molar-refractivity contribution < 1.29 is 18.3 Å². The Morgan fingerprint density at radius 2 is 2.25 bits per heavy atom. The molecular weight excluding hydrogens is 311 g/mol. The summed E-state index contributed by atoms with van der Waals surface area (Å²) in [5.41, 5.74) is -2.56. The summed E-state index contributed by atoms with van der Waals surface area (Å²) < 4.78 is 38.6. The fraction of sp³-hybridized carbons (Fsp3) is 0.273. The molecule has 1 atom stereocenters. The Bertz CT molecular complexity index is 616. The van der Waals surface area contributed by atoms with E-state index in [2.05, 4.69) is 10.3 Å². The molecule has 9 heteroatoms. The first-order valence-electron chi connectivity index (χ1n) is 5.22. The van der Waals surface area contributed by atoms with Gasteiger partial charge in [-0.2, -0.15) is 18.4 Å². The van der Waals surface area contributed by atoms with Gasteiger partial charge in [0.2, 0.25) is 11.6 Å². The van der Waals surface area contributed by atoms with Gasteiger partial charge < -0.3 is 10.4 Å². The SMILES string of the molecule is CSC1=C(C#N)[C@](O)(c2cccs2)N=C(C(F)(F)F)N1. The van der Waals surface area contributed by atoms with Crippen LogP contribution >= 0.6 is 23.1 Å². The summed E-state index contributed by atoms with van der Waals surface area (Å²) in [6.07, 6.45) is -3.24. The number of nitrogens with one attached hydrogen (secondary N) is 1. The smallest absolute Gasteiger partial charge is 0.361 e. The number of hydrogen-bond donors (Lipinski definition) is 2. The Kier molecular flexibility index (Phi) is 3.82. The summed E-state index contributed by atoms with van der Waals surface area (Å²) in [6, 6.07) is 4.73. The molecule has 2 N–H and O–H groups in total. The van der Waals surface area contributed by atoms with Crippen LogP contribution in [0.3, 0.4) is 0 Å². The van der Waals surface area contributed by atoms with Crippen LogP contribution in [-0.2, 0) is 5.72 Å². The van der Waals surface area contributed by atoms with E-state index in [9.17, 15) is 18.3 Å². The summed E-state index contributed by atoms with van der Waals surface area (Å²) in [7, 11) is 0. The Morgan fingerprint density at radius 3 is 2.70 bits per heavy atom. The van der Waals surface area contributed by atoms with Gasteiger partial charge in [0.15, 0.2) is 0 Å². The molecule has 20 heavy (non-hydrogen) atoms. The van der Waals surface area contributed by atoms with E-state index in [1.165, 1.54) is 12.3 Å². The average Bonchev–Trinajstić information content (AvgIpc) is 2.91. The van der Waals surface area contributed by atoms with Crippen LogP contribution in [0.15, 0.2) is 33.1 Å². The van der Waals surface area contributed by atoms with Crippen LogP contribution in [0.1, 0.15) is 4.88 Å². The zero-order chi connectivity index (χ0) is 15.0. The number of hydrogen-bond acceptors (Lipinski definition) is 6. The number of thioether (sulfide) groups is 1. The quantitative estimate of drug-likeness (QED) is 0.879. The third-order valence-electron chi connectivity index (χ3n) is 2.53. The zero-order valence-corrected chi connectivity index (χ0v) is 11.7. The molecule has 0 bridgehead atoms. The van der Waals surface area contributed by atoms with Gasteiger partial charge in [0.1, 0.15) is 11.6 Å². The predicted molar refractivity (Wildman–Crippen MR) is 71.0 cm³/mol. The van der Waals surface area contributed by atoms with E-state index in [-0.39, 0.29) is 15.5 Å². The molecular formula is C11H8F3N3OS2. The summed E-state index contributed by atoms with van der Waals surface area (Å²) in [5, 5.41) is 23.2. The Balaban J connectivity index is 2.65. The standard InChI is InChI=1S/C11H8F3N3OS2/c1-19-8-6(5-15)10(18,7-3-2-4-20-7)17-9(16-8)11(12,13)14/h2-4,18H,1H3,(H,16,17)/t10-/m0/s1. The van der Waals surface area contributed by atoms with Gasteiger partial charge in [0.25, 0.3) is 0 Å². The third kappa shape index (κ3) is 2.42. The van der Waals surface area contributed by atoms with Crippen LogP contribution in [0.25, 0.3) is 0 Å². The van der Waals surface area contributed by atoms with E-state index in [1.807, 2.05) is 0 Å². The number of halogens is 3. The normalized spacial score (nSPS) is 23.1. The van der Waals surface area contributed by atoms with Gasteiger partial charge in [-0.05, 0) is 17.7 Å². The second kappa shape index (κ2) is 5.12. The maximum atomic E-state index is 12.9. The zero-order valence-electron chi connectivity index (χ0n) is 10.0. The molecule has 1 aromatic heterocycles. The fourth-order valence-corrected chi connectivity index (χ4v) is 3.01. The van der Waals surface area contributed by atoms with E-state index in [1.54, 1.807) is 17.5 Å². The lowest BCUT2D eigenvalue weighted by atomic mass is 10.0. The Hall–Kier alpha value is -1.50. The van der Waals surface area contributed by atoms with Crippen LogP contribution in [0, 0.1) is 11.3 Å². The lowest BCUT2D eigenvalue weighted by Gasteiger charge is -2.30. The molecule has 1 aliphatic heterocycles. The van der Waals surface area contributed by atoms with Crippen molar-refractivity contribution >= 4 is 28.9 Å². The molecule has 1 aliphatic rings. The summed E-state index contributed by atoms with van der Waals surface area (Å²) in [5.74, 6) is -1.32. The highest BCUT2D eigenvalue weighted by molar-refractivity contribution is 8.02. The Labute approximate surface area is 120 Å². The molecule has 2 rings (SSSR count). The largest absolute Gasteiger partial charge is 0.449 e. The molecule has 0 unspecified atom stereocenters. The van der Waals surface area contributed by atoms with Crippen LogP contribution in [0.2, 0.25) is 0 Å². The first-order chi connectivity index (χ1) is 9.32. The van der Waals surface area contributed by atoms with Crippen molar-refractivity contribution in [3.8, 4) is 6.07 Å². The van der Waals surface area contributed by atoms with Gasteiger partial charge in [-0.3, -0.25) is 0 Å². The first kappa shape index (κ1) is 14.9. The topological polar surface area (TPSA) is 68.4 Å². The lowest BCUT2D eigenvalue weighted by molar-refractivity contribution is -0.0643. The summed E-state index contributed by atoms with van der Waals surface area (Å²) >= 11 is 1.93. The fourth-order valence-electron chi connectivity index (χ4n) is 1.65. The van der Waals surface area contributed by atoms with Crippen LogP contribution in [0.4, 0.5) is 13.2 Å². The number of aliphatic imine (C=N–C) groups is 1. The summed E-state index contributed by atoms with van der Waals surface area (Å²) in [4.78, 5) is 3.49. The van der Waals surface area contributed by atoms with E-state index in [0.717, 1.165) is 23.1 Å². The number of aliphatic hydroxyl groups is 1. The molecule has 0 spiro atoms. The number of amidine groups is 1. The minimum atomic E-state index is -4.74. The van der Waals surface area contributed by atoms with E-state index in [4.69, 9.17) is 5.26 Å². The first-order valence-corrected chi connectivity index (χ1v) is 7.32. The highest BCUT2D eigenvalue weighted by atomic mass is 32.2. The van der Waals surface area contributed by atoms with Gasteiger partial charge in [0.05, 0.1) is 9.91 Å². The van der Waals surface area contributed by atoms with Gasteiger partial charge in [-0.25, -0.2) is 4.99 Å². The third-order valence-corrected chi connectivity index (χ3v) is 4.21. The van der Waals surface area contributed by atoms with Crippen molar-refractivity contribution in [2.24, 2.45) is 4.99 Å². The van der Waals surface area contributed by atoms with Crippen molar-refractivity contribution in [3.05, 3.63) is 33.0 Å². The Morgan fingerprint density at radius 1 is 1.55 bits per heavy atom. The molecule has 2 heterocycles. The highest BCUT2D eigenvalue weighted by Crippen LogP contribution is 2.40. The van der Waals surface area contributed by atoms with Gasteiger partial charge >= 0.3 is 6.18 Å². The molecule has 0 radical (unpaired) electrons. The lowest BCUT2D eigenvalue weighted by Crippen LogP contribution is -2.44. The second-order valence-electron chi connectivity index (χ2n) is 3.75. The number of nitrogens with zero attached hydrogens (tertiary/aromatic N) is 2. The van der Waals surface area contributed by atoms with E-state index < -0.39 is 17.7 Å². The second-order valence-corrected chi connectivity index (χ2v) is 5.52. The van der Waals surface area contributed by atoms with Crippen molar-refractivity contribution in [1.29, 1.82) is 5.26 Å². The number of rotatable bonds is 2. The van der Waals surface area contributed by atoms with E-state index in [0.29, 0.717) is 0 Å². The van der Waals surface area contributed by atoms with Crippen molar-refractivity contribution in [1.82, 2.24) is 5.32 Å². The van der Waals surface area contributed by atoms with Crippen molar-refractivity contribution in [2.45, 2.75) is 11.9 Å². The molecule has 0 saturated heterocycles. The molecule has 4 nitrogen and oxygen atoms in total. The average molecular weight is 319 g/mol. The maximum absolute atomic E-state index is 12.9. The molecule has 0 fully saturated rings. The van der Waals surface area contributed by atoms with Crippen LogP contribution in [-0.4, -0.2) is 23.4 Å². The van der Waals surface area contributed by atoms with Gasteiger partial charge in [-0.15, -0.1) is 23.1 Å². The van der Waals surface area contributed by atoms with Crippen molar-refractivity contribution in [2.75, 3.05) is 6.26 Å².